The first kappa shape index (κ1) is 12.1. The standard InChI is InChI=1S/C11H19ClN2O2/c12-9-11(15)14-3-1-10(2-4-14)13-5-7-16-8-6-13/h10H,1-9H2. The number of hydrogen-bond donors (Lipinski definition) is 0. The van der Waals surface area contributed by atoms with Gasteiger partial charge in [-0.2, -0.15) is 0 Å². The summed E-state index contributed by atoms with van der Waals surface area (Å²) in [7, 11) is 0. The Hall–Kier alpha value is -0.320. The van der Waals surface area contributed by atoms with Crippen LogP contribution in [0.1, 0.15) is 12.8 Å². The Morgan fingerprint density at radius 2 is 1.81 bits per heavy atom. The number of likely N-dealkylation sites (tertiary alicyclic amines) is 1. The van der Waals surface area contributed by atoms with Crippen LogP contribution in [-0.2, 0) is 9.53 Å². The van der Waals surface area contributed by atoms with Crippen LogP contribution in [0, 0.1) is 0 Å². The first-order chi connectivity index (χ1) is 7.81. The molecule has 0 N–H and O–H groups in total. The number of morpholine rings is 1. The maximum Gasteiger partial charge on any atom is 0.237 e. The Bertz CT molecular complexity index is 236. The van der Waals surface area contributed by atoms with Crippen molar-refractivity contribution in [2.24, 2.45) is 0 Å². The predicted octanol–water partition coefficient (Wildman–Crippen LogP) is 0.548. The van der Waals surface area contributed by atoms with Crippen molar-refractivity contribution in [3.8, 4) is 0 Å². The summed E-state index contributed by atoms with van der Waals surface area (Å²) in [6, 6.07) is 0.628. The molecule has 0 aromatic heterocycles. The van der Waals surface area contributed by atoms with Crippen molar-refractivity contribution in [2.75, 3.05) is 45.3 Å². The topological polar surface area (TPSA) is 32.8 Å². The zero-order valence-corrected chi connectivity index (χ0v) is 10.3. The van der Waals surface area contributed by atoms with Crippen molar-refractivity contribution in [1.82, 2.24) is 9.80 Å². The van der Waals surface area contributed by atoms with E-state index in [0.29, 0.717) is 6.04 Å². The van der Waals surface area contributed by atoms with E-state index in [0.717, 1.165) is 52.2 Å². The highest BCUT2D eigenvalue weighted by molar-refractivity contribution is 6.27. The summed E-state index contributed by atoms with van der Waals surface area (Å²) in [5.74, 6) is 0.185. The number of alkyl halides is 1. The molecule has 1 amide bonds. The fraction of sp³-hybridized carbons (Fsp3) is 0.909. The molecule has 0 aromatic carbocycles. The predicted molar refractivity (Wildman–Crippen MR) is 62.7 cm³/mol. The van der Waals surface area contributed by atoms with Gasteiger partial charge in [0.2, 0.25) is 5.91 Å². The minimum atomic E-state index is 0.0714. The molecule has 2 rings (SSSR count). The lowest BCUT2D eigenvalue weighted by Gasteiger charge is -2.39. The van der Waals surface area contributed by atoms with E-state index < -0.39 is 0 Å². The zero-order chi connectivity index (χ0) is 11.4. The van der Waals surface area contributed by atoms with Gasteiger partial charge in [0.25, 0.3) is 0 Å². The van der Waals surface area contributed by atoms with Crippen molar-refractivity contribution in [2.45, 2.75) is 18.9 Å². The second-order valence-corrected chi connectivity index (χ2v) is 4.66. The number of carbonyl (C=O) groups excluding carboxylic acids is 1. The van der Waals surface area contributed by atoms with Crippen LogP contribution in [-0.4, -0.2) is 67.0 Å². The molecule has 0 atom stereocenters. The molecule has 0 saturated carbocycles. The third kappa shape index (κ3) is 2.87. The molecule has 5 heteroatoms. The molecule has 0 spiro atoms. The molecule has 0 radical (unpaired) electrons. The van der Waals surface area contributed by atoms with Gasteiger partial charge >= 0.3 is 0 Å². The molecule has 0 bridgehead atoms. The van der Waals surface area contributed by atoms with Gasteiger partial charge in [0.05, 0.1) is 13.2 Å². The van der Waals surface area contributed by atoms with Gasteiger partial charge in [-0.05, 0) is 12.8 Å². The fourth-order valence-electron chi connectivity index (χ4n) is 2.51. The SMILES string of the molecule is O=C(CCl)N1CCC(N2CCOCC2)CC1. The summed E-state index contributed by atoms with van der Waals surface area (Å²) in [5, 5.41) is 0. The third-order valence-electron chi connectivity index (χ3n) is 3.49. The number of amides is 1. The summed E-state index contributed by atoms with van der Waals surface area (Å²) in [6.07, 6.45) is 2.14. The Morgan fingerprint density at radius 1 is 1.19 bits per heavy atom. The van der Waals surface area contributed by atoms with Crippen molar-refractivity contribution >= 4 is 17.5 Å². The monoisotopic (exact) mass is 246 g/mol. The van der Waals surface area contributed by atoms with Crippen LogP contribution in [0.5, 0.6) is 0 Å². The Morgan fingerprint density at radius 3 is 2.38 bits per heavy atom. The molecule has 2 heterocycles. The molecule has 0 aromatic rings. The van der Waals surface area contributed by atoms with Crippen molar-refractivity contribution < 1.29 is 9.53 Å². The number of ether oxygens (including phenoxy) is 1. The number of halogens is 1. The highest BCUT2D eigenvalue weighted by Crippen LogP contribution is 2.17. The molecule has 0 aliphatic carbocycles. The second kappa shape index (κ2) is 5.84. The highest BCUT2D eigenvalue weighted by Gasteiger charge is 2.27. The van der Waals surface area contributed by atoms with E-state index in [-0.39, 0.29) is 11.8 Å². The van der Waals surface area contributed by atoms with Crippen LogP contribution in [0.25, 0.3) is 0 Å². The fourth-order valence-corrected chi connectivity index (χ4v) is 2.68. The summed E-state index contributed by atoms with van der Waals surface area (Å²) < 4.78 is 5.34. The van der Waals surface area contributed by atoms with E-state index in [9.17, 15) is 4.79 Å². The van der Waals surface area contributed by atoms with E-state index in [1.807, 2.05) is 4.90 Å². The number of rotatable bonds is 2. The molecule has 4 nitrogen and oxygen atoms in total. The maximum absolute atomic E-state index is 11.4. The Kier molecular flexibility index (Phi) is 4.44. The average Bonchev–Trinajstić information content (AvgIpc) is 2.39. The molecule has 2 saturated heterocycles. The molecule has 2 fully saturated rings. The van der Waals surface area contributed by atoms with Crippen molar-refractivity contribution in [3.63, 3.8) is 0 Å². The van der Waals surface area contributed by atoms with Crippen LogP contribution in [0.4, 0.5) is 0 Å². The number of hydrogen-bond acceptors (Lipinski definition) is 3. The largest absolute Gasteiger partial charge is 0.379 e. The molecule has 92 valence electrons. The summed E-state index contributed by atoms with van der Waals surface area (Å²) in [4.78, 5) is 15.8. The number of piperidine rings is 1. The van der Waals surface area contributed by atoms with E-state index in [2.05, 4.69) is 4.90 Å². The van der Waals surface area contributed by atoms with Crippen LogP contribution < -0.4 is 0 Å². The highest BCUT2D eigenvalue weighted by atomic mass is 35.5. The lowest BCUT2D eigenvalue weighted by Crippen LogP contribution is -2.50. The quantitative estimate of drug-likeness (QED) is 0.667. The van der Waals surface area contributed by atoms with E-state index in [4.69, 9.17) is 16.3 Å². The minimum absolute atomic E-state index is 0.0714. The van der Waals surface area contributed by atoms with Crippen molar-refractivity contribution in [3.05, 3.63) is 0 Å². The summed E-state index contributed by atoms with van der Waals surface area (Å²) in [5.41, 5.74) is 0. The number of carbonyl (C=O) groups is 1. The van der Waals surface area contributed by atoms with Gasteiger partial charge in [-0.1, -0.05) is 0 Å². The van der Waals surface area contributed by atoms with Gasteiger partial charge in [-0.3, -0.25) is 9.69 Å². The minimum Gasteiger partial charge on any atom is -0.379 e. The van der Waals surface area contributed by atoms with Gasteiger partial charge < -0.3 is 9.64 Å². The molecular formula is C11H19ClN2O2. The molecule has 16 heavy (non-hydrogen) atoms. The zero-order valence-electron chi connectivity index (χ0n) is 9.53. The van der Waals surface area contributed by atoms with Gasteiger partial charge in [0, 0.05) is 32.2 Å². The first-order valence-corrected chi connectivity index (χ1v) is 6.50. The molecular weight excluding hydrogens is 228 g/mol. The van der Waals surface area contributed by atoms with Crippen LogP contribution in [0.2, 0.25) is 0 Å². The van der Waals surface area contributed by atoms with Crippen LogP contribution in [0.15, 0.2) is 0 Å². The summed E-state index contributed by atoms with van der Waals surface area (Å²) in [6.45, 7) is 5.48. The normalized spacial score (nSPS) is 24.7. The van der Waals surface area contributed by atoms with Crippen molar-refractivity contribution in [1.29, 1.82) is 0 Å². The average molecular weight is 247 g/mol. The third-order valence-corrected chi connectivity index (χ3v) is 3.72. The van der Waals surface area contributed by atoms with Crippen LogP contribution in [0.3, 0.4) is 0 Å². The van der Waals surface area contributed by atoms with Gasteiger partial charge in [-0.15, -0.1) is 11.6 Å². The Balaban J connectivity index is 1.78. The van der Waals surface area contributed by atoms with Gasteiger partial charge in [0.15, 0.2) is 0 Å². The first-order valence-electron chi connectivity index (χ1n) is 5.97. The molecule has 0 unspecified atom stereocenters. The lowest BCUT2D eigenvalue weighted by molar-refractivity contribution is -0.130. The van der Waals surface area contributed by atoms with Gasteiger partial charge in [-0.25, -0.2) is 0 Å². The smallest absolute Gasteiger partial charge is 0.237 e. The number of nitrogens with zero attached hydrogens (tertiary/aromatic N) is 2. The Labute approximate surface area is 101 Å². The lowest BCUT2D eigenvalue weighted by atomic mass is 10.0. The van der Waals surface area contributed by atoms with Gasteiger partial charge in [0.1, 0.15) is 5.88 Å². The second-order valence-electron chi connectivity index (χ2n) is 4.39. The van der Waals surface area contributed by atoms with E-state index >= 15 is 0 Å². The van der Waals surface area contributed by atoms with E-state index in [1.54, 1.807) is 0 Å². The molecule has 2 aliphatic heterocycles. The molecule has 2 aliphatic rings. The maximum atomic E-state index is 11.4. The van der Waals surface area contributed by atoms with Crippen LogP contribution >= 0.6 is 11.6 Å². The summed E-state index contributed by atoms with van der Waals surface area (Å²) >= 11 is 5.55. The van der Waals surface area contributed by atoms with E-state index in [1.165, 1.54) is 0 Å².